The number of benzene rings is 2. The molecule has 0 spiro atoms. The minimum atomic E-state index is -0.276. The fourth-order valence-corrected chi connectivity index (χ4v) is 3.85. The normalized spacial score (nSPS) is 10.8. The number of carbonyl (C=O) groups is 1. The monoisotopic (exact) mass is 492 g/mol. The van der Waals surface area contributed by atoms with E-state index < -0.39 is 0 Å². The summed E-state index contributed by atoms with van der Waals surface area (Å²) in [5.41, 5.74) is 1.59. The van der Waals surface area contributed by atoms with Gasteiger partial charge >= 0.3 is 0 Å². The molecule has 0 bridgehead atoms. The Balaban J connectivity index is 1.59. The number of methoxy groups -OCH3 is 1. The molecule has 1 N–H and O–H groups in total. The van der Waals surface area contributed by atoms with Gasteiger partial charge in [-0.25, -0.2) is 4.98 Å². The third kappa shape index (κ3) is 5.78. The Hall–Kier alpha value is -3.91. The Bertz CT molecular complexity index is 1390. The molecule has 0 aliphatic carbocycles. The molecule has 8 nitrogen and oxygen atoms in total. The number of halogens is 1. The maximum atomic E-state index is 13.4. The third-order valence-corrected chi connectivity index (χ3v) is 5.63. The second-order valence-corrected chi connectivity index (χ2v) is 8.35. The van der Waals surface area contributed by atoms with E-state index in [1.54, 1.807) is 60.8 Å². The first-order chi connectivity index (χ1) is 17.0. The number of carbonyl (C=O) groups excluding carboxylic acids is 1. The summed E-state index contributed by atoms with van der Waals surface area (Å²) in [7, 11) is 1.55. The number of amides is 1. The van der Waals surface area contributed by atoms with Gasteiger partial charge in [-0.1, -0.05) is 18.5 Å². The van der Waals surface area contributed by atoms with Crippen LogP contribution >= 0.6 is 11.6 Å². The smallest absolute Gasteiger partial charge is 0.258 e. The highest BCUT2D eigenvalue weighted by atomic mass is 35.5. The maximum Gasteiger partial charge on any atom is 0.258 e. The topological polar surface area (TPSA) is 97.4 Å². The van der Waals surface area contributed by atoms with Gasteiger partial charge in [-0.3, -0.25) is 14.6 Å². The number of fused-ring (bicyclic) bond motifs is 1. The summed E-state index contributed by atoms with van der Waals surface area (Å²) in [6.45, 7) is 2.91. The zero-order valence-corrected chi connectivity index (χ0v) is 20.2. The first-order valence-electron chi connectivity index (χ1n) is 11.2. The number of nitrogens with one attached hydrogen (secondary N) is 1. The molecule has 180 valence electrons. The van der Waals surface area contributed by atoms with E-state index in [1.807, 2.05) is 19.1 Å². The lowest BCUT2D eigenvalue weighted by Gasteiger charge is -2.22. The molecule has 4 aromatic rings. The highest BCUT2D eigenvalue weighted by Crippen LogP contribution is 2.29. The van der Waals surface area contributed by atoms with E-state index in [9.17, 15) is 9.59 Å². The molecule has 0 unspecified atom stereocenters. The molecule has 0 saturated carbocycles. The predicted molar refractivity (Wildman–Crippen MR) is 134 cm³/mol. The van der Waals surface area contributed by atoms with Crippen molar-refractivity contribution in [1.29, 1.82) is 0 Å². The van der Waals surface area contributed by atoms with Crippen LogP contribution < -0.4 is 15.0 Å². The van der Waals surface area contributed by atoms with E-state index in [4.69, 9.17) is 21.1 Å². The van der Waals surface area contributed by atoms with Crippen molar-refractivity contribution >= 4 is 28.4 Å². The number of rotatable bonds is 9. The van der Waals surface area contributed by atoms with E-state index >= 15 is 0 Å². The van der Waals surface area contributed by atoms with Crippen LogP contribution in [0.4, 0.5) is 0 Å². The van der Waals surface area contributed by atoms with Gasteiger partial charge in [0.1, 0.15) is 12.4 Å². The SMILES string of the molecule is CCCN(Cc1nc2cc(Cl)ccc2c(=O)[nH]1)C(=O)c1ccc(OC)c(OCc2ccncc2)c1. The first kappa shape index (κ1) is 24.2. The summed E-state index contributed by atoms with van der Waals surface area (Å²) in [6.07, 6.45) is 4.12. The quantitative estimate of drug-likeness (QED) is 0.366. The number of hydrogen-bond donors (Lipinski definition) is 1. The van der Waals surface area contributed by atoms with Crippen molar-refractivity contribution in [2.24, 2.45) is 0 Å². The summed E-state index contributed by atoms with van der Waals surface area (Å²) in [6, 6.07) is 13.7. The van der Waals surface area contributed by atoms with E-state index in [1.165, 1.54) is 0 Å². The molecule has 9 heteroatoms. The van der Waals surface area contributed by atoms with Crippen molar-refractivity contribution < 1.29 is 14.3 Å². The molecule has 4 rings (SSSR count). The lowest BCUT2D eigenvalue weighted by atomic mass is 10.1. The van der Waals surface area contributed by atoms with Gasteiger partial charge in [0.05, 0.1) is 24.6 Å². The van der Waals surface area contributed by atoms with Crippen molar-refractivity contribution in [1.82, 2.24) is 19.9 Å². The Morgan fingerprint density at radius 3 is 2.63 bits per heavy atom. The van der Waals surface area contributed by atoms with Crippen LogP contribution in [0.15, 0.2) is 65.7 Å². The van der Waals surface area contributed by atoms with Crippen LogP contribution in [-0.4, -0.2) is 39.4 Å². The van der Waals surface area contributed by atoms with Gasteiger partial charge in [-0.15, -0.1) is 0 Å². The number of hydrogen-bond acceptors (Lipinski definition) is 6. The molecular weight excluding hydrogens is 468 g/mol. The van der Waals surface area contributed by atoms with Crippen molar-refractivity contribution in [3.63, 3.8) is 0 Å². The summed E-state index contributed by atoms with van der Waals surface area (Å²) in [4.78, 5) is 38.9. The molecule has 2 heterocycles. The van der Waals surface area contributed by atoms with E-state index in [-0.39, 0.29) is 18.0 Å². The predicted octanol–water partition coefficient (Wildman–Crippen LogP) is 4.61. The number of pyridine rings is 1. The summed E-state index contributed by atoms with van der Waals surface area (Å²) >= 11 is 6.07. The van der Waals surface area contributed by atoms with E-state index in [2.05, 4.69) is 15.0 Å². The number of H-pyrrole nitrogens is 1. The fourth-order valence-electron chi connectivity index (χ4n) is 3.68. The van der Waals surface area contributed by atoms with Crippen molar-refractivity contribution in [2.45, 2.75) is 26.5 Å². The first-order valence-corrected chi connectivity index (χ1v) is 11.5. The number of aromatic nitrogens is 3. The van der Waals surface area contributed by atoms with Crippen LogP contribution in [0.2, 0.25) is 5.02 Å². The second-order valence-electron chi connectivity index (χ2n) is 7.91. The second kappa shape index (κ2) is 11.0. The molecule has 0 aliphatic rings. The van der Waals surface area contributed by atoms with Gasteiger partial charge in [-0.05, 0) is 60.5 Å². The Morgan fingerprint density at radius 1 is 1.09 bits per heavy atom. The molecule has 0 fully saturated rings. The van der Waals surface area contributed by atoms with E-state index in [0.29, 0.717) is 52.0 Å². The zero-order chi connectivity index (χ0) is 24.8. The van der Waals surface area contributed by atoms with Crippen LogP contribution in [0, 0.1) is 0 Å². The molecular formula is C26H25ClN4O4. The lowest BCUT2D eigenvalue weighted by molar-refractivity contribution is 0.0738. The molecule has 35 heavy (non-hydrogen) atoms. The average molecular weight is 493 g/mol. The van der Waals surface area contributed by atoms with Gasteiger partial charge in [0, 0.05) is 29.5 Å². The van der Waals surface area contributed by atoms with Gasteiger partial charge in [0.2, 0.25) is 0 Å². The molecule has 0 atom stereocenters. The van der Waals surface area contributed by atoms with Crippen molar-refractivity contribution in [3.05, 3.63) is 93.3 Å². The van der Waals surface area contributed by atoms with Crippen molar-refractivity contribution in [2.75, 3.05) is 13.7 Å². The highest BCUT2D eigenvalue weighted by molar-refractivity contribution is 6.31. The van der Waals surface area contributed by atoms with Crippen LogP contribution in [0.3, 0.4) is 0 Å². The largest absolute Gasteiger partial charge is 0.493 e. The van der Waals surface area contributed by atoms with Gasteiger partial charge in [-0.2, -0.15) is 0 Å². The third-order valence-electron chi connectivity index (χ3n) is 5.39. The molecule has 1 amide bonds. The van der Waals surface area contributed by atoms with Crippen LogP contribution in [-0.2, 0) is 13.2 Å². The molecule has 2 aromatic carbocycles. The summed E-state index contributed by atoms with van der Waals surface area (Å²) in [5, 5.41) is 0.929. The van der Waals surface area contributed by atoms with Crippen LogP contribution in [0.25, 0.3) is 10.9 Å². The maximum absolute atomic E-state index is 13.4. The molecule has 0 saturated heterocycles. The number of ether oxygens (including phenoxy) is 2. The van der Waals surface area contributed by atoms with Gasteiger partial charge < -0.3 is 19.4 Å². The van der Waals surface area contributed by atoms with E-state index in [0.717, 1.165) is 12.0 Å². The summed E-state index contributed by atoms with van der Waals surface area (Å²) < 4.78 is 11.4. The minimum absolute atomic E-state index is 0.142. The number of nitrogens with zero attached hydrogens (tertiary/aromatic N) is 3. The molecule has 2 aromatic heterocycles. The molecule has 0 radical (unpaired) electrons. The Kier molecular flexibility index (Phi) is 7.62. The van der Waals surface area contributed by atoms with Gasteiger partial charge in [0.25, 0.3) is 11.5 Å². The summed E-state index contributed by atoms with van der Waals surface area (Å²) in [5.74, 6) is 1.15. The standard InChI is InChI=1S/C26H25ClN4O4/c1-3-12-31(15-24-29-21-14-19(27)5-6-20(21)25(32)30-24)26(33)18-4-7-22(34-2)23(13-18)35-16-17-8-10-28-11-9-17/h4-11,13-14H,3,12,15-16H2,1-2H3,(H,29,30,32). The van der Waals surface area contributed by atoms with Crippen LogP contribution in [0.1, 0.15) is 35.1 Å². The Morgan fingerprint density at radius 2 is 1.89 bits per heavy atom. The highest BCUT2D eigenvalue weighted by Gasteiger charge is 2.19. The lowest BCUT2D eigenvalue weighted by Crippen LogP contribution is -2.32. The fraction of sp³-hybridized carbons (Fsp3) is 0.231. The Labute approximate surface area is 207 Å². The minimum Gasteiger partial charge on any atom is -0.493 e. The number of aromatic amines is 1. The average Bonchev–Trinajstić information content (AvgIpc) is 2.87. The van der Waals surface area contributed by atoms with Gasteiger partial charge in [0.15, 0.2) is 11.5 Å². The molecule has 0 aliphatic heterocycles. The zero-order valence-electron chi connectivity index (χ0n) is 19.5. The van der Waals surface area contributed by atoms with Crippen LogP contribution in [0.5, 0.6) is 11.5 Å². The van der Waals surface area contributed by atoms with Crippen molar-refractivity contribution in [3.8, 4) is 11.5 Å².